The Bertz CT molecular complexity index is 506. The molecular weight excluding hydrogens is 307 g/mol. The van der Waals surface area contributed by atoms with Gasteiger partial charge in [0.25, 0.3) is 0 Å². The first-order valence-corrected chi connectivity index (χ1v) is 7.72. The Morgan fingerprint density at radius 1 is 1.37 bits per heavy atom. The summed E-state index contributed by atoms with van der Waals surface area (Å²) in [6, 6.07) is 4.81. The molecule has 0 bridgehead atoms. The van der Waals surface area contributed by atoms with Crippen LogP contribution in [-0.2, 0) is 10.0 Å². The number of benzene rings is 1. The van der Waals surface area contributed by atoms with Crippen LogP contribution in [-0.4, -0.2) is 27.5 Å². The van der Waals surface area contributed by atoms with E-state index in [4.69, 9.17) is 11.6 Å². The Hall–Kier alpha value is -0.330. The summed E-state index contributed by atoms with van der Waals surface area (Å²) in [7, 11) is -3.49. The summed E-state index contributed by atoms with van der Waals surface area (Å²) < 4.78 is 26.6. The van der Waals surface area contributed by atoms with Gasteiger partial charge in [-0.1, -0.05) is 24.6 Å². The van der Waals surface area contributed by atoms with Gasteiger partial charge in [0.15, 0.2) is 0 Å². The lowest BCUT2D eigenvalue weighted by molar-refractivity contribution is 0.536. The Labute approximate surface area is 126 Å². The molecule has 0 radical (unpaired) electrons. The van der Waals surface area contributed by atoms with Crippen molar-refractivity contribution in [3.8, 4) is 0 Å². The van der Waals surface area contributed by atoms with Crippen LogP contribution in [0, 0.1) is 6.92 Å². The fourth-order valence-corrected chi connectivity index (χ4v) is 2.88. The first kappa shape index (κ1) is 18.7. The lowest BCUT2D eigenvalue weighted by atomic mass is 10.2. The van der Waals surface area contributed by atoms with Crippen LogP contribution in [0.2, 0.25) is 5.02 Å². The second-order valence-electron chi connectivity index (χ2n) is 4.22. The van der Waals surface area contributed by atoms with Gasteiger partial charge in [-0.3, -0.25) is 0 Å². The SMILES string of the molecule is CCN[C@H](C)CNS(=O)(=O)c1ccc(C)c(Cl)c1.Cl. The molecular formula is C12H20Cl2N2O2S. The molecule has 1 aromatic rings. The van der Waals surface area contributed by atoms with Gasteiger partial charge in [-0.25, -0.2) is 13.1 Å². The number of halogens is 2. The van der Waals surface area contributed by atoms with E-state index in [1.807, 2.05) is 20.8 Å². The number of likely N-dealkylation sites (N-methyl/N-ethyl adjacent to an activating group) is 1. The van der Waals surface area contributed by atoms with Crippen LogP contribution in [0.15, 0.2) is 23.1 Å². The van der Waals surface area contributed by atoms with E-state index in [1.54, 1.807) is 12.1 Å². The number of hydrogen-bond acceptors (Lipinski definition) is 3. The predicted octanol–water partition coefficient (Wildman–Crippen LogP) is 2.35. The third kappa shape index (κ3) is 5.67. The predicted molar refractivity (Wildman–Crippen MR) is 81.8 cm³/mol. The fourth-order valence-electron chi connectivity index (χ4n) is 1.48. The van der Waals surface area contributed by atoms with Crippen molar-refractivity contribution in [2.45, 2.75) is 31.7 Å². The minimum Gasteiger partial charge on any atom is -0.313 e. The largest absolute Gasteiger partial charge is 0.313 e. The molecule has 1 aromatic carbocycles. The number of rotatable bonds is 6. The van der Waals surface area contributed by atoms with Crippen molar-refractivity contribution < 1.29 is 8.42 Å². The molecule has 1 atom stereocenters. The Morgan fingerprint density at radius 2 is 2.00 bits per heavy atom. The van der Waals surface area contributed by atoms with Crippen LogP contribution >= 0.6 is 24.0 Å². The van der Waals surface area contributed by atoms with Gasteiger partial charge in [0.1, 0.15) is 0 Å². The average Bonchev–Trinajstić information content (AvgIpc) is 2.30. The van der Waals surface area contributed by atoms with Gasteiger partial charge in [0.05, 0.1) is 4.90 Å². The molecule has 0 aromatic heterocycles. The minimum absolute atomic E-state index is 0. The zero-order valence-electron chi connectivity index (χ0n) is 11.2. The van der Waals surface area contributed by atoms with Gasteiger partial charge in [-0.15, -0.1) is 12.4 Å². The van der Waals surface area contributed by atoms with Crippen LogP contribution in [0.25, 0.3) is 0 Å². The molecule has 4 nitrogen and oxygen atoms in total. The zero-order chi connectivity index (χ0) is 13.8. The van der Waals surface area contributed by atoms with Crippen LogP contribution < -0.4 is 10.0 Å². The number of aryl methyl sites for hydroxylation is 1. The smallest absolute Gasteiger partial charge is 0.240 e. The molecule has 19 heavy (non-hydrogen) atoms. The van der Waals surface area contributed by atoms with Gasteiger partial charge in [0.2, 0.25) is 10.0 Å². The lowest BCUT2D eigenvalue weighted by Crippen LogP contribution is -2.38. The maximum atomic E-state index is 12.0. The van der Waals surface area contributed by atoms with Gasteiger partial charge in [-0.05, 0) is 38.1 Å². The molecule has 110 valence electrons. The summed E-state index contributed by atoms with van der Waals surface area (Å²) in [5.74, 6) is 0. The molecule has 0 amide bonds. The highest BCUT2D eigenvalue weighted by Crippen LogP contribution is 2.19. The van der Waals surface area contributed by atoms with Crippen molar-refractivity contribution in [1.82, 2.24) is 10.0 Å². The highest BCUT2D eigenvalue weighted by molar-refractivity contribution is 7.89. The molecule has 0 fully saturated rings. The standard InChI is InChI=1S/C12H19ClN2O2S.ClH/c1-4-14-10(3)8-15-18(16,17)11-6-5-9(2)12(13)7-11;/h5-7,10,14-15H,4,8H2,1-3H3;1H/t10-;/m1./s1. The maximum absolute atomic E-state index is 12.0. The van der Waals surface area contributed by atoms with Crippen LogP contribution in [0.1, 0.15) is 19.4 Å². The Morgan fingerprint density at radius 3 is 2.53 bits per heavy atom. The molecule has 0 aliphatic rings. The Balaban J connectivity index is 0.00000324. The van der Waals surface area contributed by atoms with E-state index in [2.05, 4.69) is 10.0 Å². The highest BCUT2D eigenvalue weighted by Gasteiger charge is 2.15. The summed E-state index contributed by atoms with van der Waals surface area (Å²) in [4.78, 5) is 0.196. The van der Waals surface area contributed by atoms with Gasteiger partial charge < -0.3 is 5.32 Å². The monoisotopic (exact) mass is 326 g/mol. The van der Waals surface area contributed by atoms with Crippen molar-refractivity contribution in [1.29, 1.82) is 0 Å². The maximum Gasteiger partial charge on any atom is 0.240 e. The molecule has 2 N–H and O–H groups in total. The minimum atomic E-state index is -3.49. The molecule has 0 unspecified atom stereocenters. The van der Waals surface area contributed by atoms with E-state index in [0.29, 0.717) is 11.6 Å². The summed E-state index contributed by atoms with van der Waals surface area (Å²) in [6.07, 6.45) is 0. The average molecular weight is 327 g/mol. The molecule has 1 rings (SSSR count). The third-order valence-electron chi connectivity index (χ3n) is 2.59. The van der Waals surface area contributed by atoms with Crippen LogP contribution in [0.4, 0.5) is 0 Å². The van der Waals surface area contributed by atoms with E-state index in [9.17, 15) is 8.42 Å². The van der Waals surface area contributed by atoms with E-state index in [1.165, 1.54) is 6.07 Å². The second kappa shape index (κ2) is 8.07. The zero-order valence-corrected chi connectivity index (χ0v) is 13.6. The van der Waals surface area contributed by atoms with Crippen LogP contribution in [0.5, 0.6) is 0 Å². The van der Waals surface area contributed by atoms with E-state index in [0.717, 1.165) is 12.1 Å². The van der Waals surface area contributed by atoms with Crippen molar-refractivity contribution >= 4 is 34.0 Å². The summed E-state index contributed by atoms with van der Waals surface area (Å²) >= 11 is 5.93. The molecule has 0 saturated carbocycles. The molecule has 0 saturated heterocycles. The fraction of sp³-hybridized carbons (Fsp3) is 0.500. The molecule has 0 aliphatic carbocycles. The number of nitrogens with one attached hydrogen (secondary N) is 2. The first-order chi connectivity index (χ1) is 8.36. The van der Waals surface area contributed by atoms with Crippen LogP contribution in [0.3, 0.4) is 0 Å². The van der Waals surface area contributed by atoms with Gasteiger partial charge in [-0.2, -0.15) is 0 Å². The number of sulfonamides is 1. The Kier molecular flexibility index (Phi) is 7.93. The molecule has 0 aliphatic heterocycles. The first-order valence-electron chi connectivity index (χ1n) is 5.86. The van der Waals surface area contributed by atoms with Gasteiger partial charge in [0, 0.05) is 17.6 Å². The quantitative estimate of drug-likeness (QED) is 0.843. The topological polar surface area (TPSA) is 58.2 Å². The van der Waals surface area contributed by atoms with Gasteiger partial charge >= 0.3 is 0 Å². The van der Waals surface area contributed by atoms with E-state index < -0.39 is 10.0 Å². The number of hydrogen-bond donors (Lipinski definition) is 2. The highest BCUT2D eigenvalue weighted by atomic mass is 35.5. The van der Waals surface area contributed by atoms with E-state index in [-0.39, 0.29) is 23.3 Å². The van der Waals surface area contributed by atoms with Crippen molar-refractivity contribution in [3.63, 3.8) is 0 Å². The van der Waals surface area contributed by atoms with Crippen molar-refractivity contribution in [3.05, 3.63) is 28.8 Å². The lowest BCUT2D eigenvalue weighted by Gasteiger charge is -2.13. The second-order valence-corrected chi connectivity index (χ2v) is 6.40. The molecule has 0 heterocycles. The summed E-state index contributed by atoms with van der Waals surface area (Å²) in [5.41, 5.74) is 0.858. The van der Waals surface area contributed by atoms with Crippen molar-refractivity contribution in [2.24, 2.45) is 0 Å². The summed E-state index contributed by atoms with van der Waals surface area (Å²) in [5, 5.41) is 3.59. The van der Waals surface area contributed by atoms with Crippen molar-refractivity contribution in [2.75, 3.05) is 13.1 Å². The third-order valence-corrected chi connectivity index (χ3v) is 4.41. The molecule has 7 heteroatoms. The van der Waals surface area contributed by atoms with E-state index >= 15 is 0 Å². The molecule has 0 spiro atoms. The summed E-state index contributed by atoms with van der Waals surface area (Å²) in [6.45, 7) is 6.89. The normalized spacial score (nSPS) is 12.8.